The number of carbonyl (C=O) groups is 2. The summed E-state index contributed by atoms with van der Waals surface area (Å²) in [5, 5.41) is 11.2. The van der Waals surface area contributed by atoms with E-state index in [4.69, 9.17) is 9.84 Å². The maximum Gasteiger partial charge on any atom is 0.305 e. The van der Waals surface area contributed by atoms with Gasteiger partial charge in [-0.3, -0.25) is 9.59 Å². The van der Waals surface area contributed by atoms with E-state index in [0.29, 0.717) is 17.9 Å². The Bertz CT molecular complexity index is 453. The third kappa shape index (κ3) is 5.25. The zero-order valence-electron chi connectivity index (χ0n) is 10.8. The highest BCUT2D eigenvalue weighted by atomic mass is 16.5. The average molecular weight is 263 g/mol. The number of carboxylic acid groups (broad SMARTS) is 1. The number of aliphatic carboxylic acids is 1. The fourth-order valence-electron chi connectivity index (χ4n) is 1.48. The molecule has 0 aliphatic carbocycles. The molecule has 1 aromatic rings. The third-order valence-corrected chi connectivity index (χ3v) is 2.34. The number of amides is 1. The lowest BCUT2D eigenvalue weighted by Gasteiger charge is -2.11. The predicted molar refractivity (Wildman–Crippen MR) is 71.3 cm³/mol. The number of hydrogen-bond donors (Lipinski definition) is 2. The number of rotatable bonds is 7. The lowest BCUT2D eigenvalue weighted by Crippen LogP contribution is -2.34. The summed E-state index contributed by atoms with van der Waals surface area (Å²) in [5.41, 5.74) is 0.461. The summed E-state index contributed by atoms with van der Waals surface area (Å²) in [5.74, 6) is -0.597. The normalized spacial score (nSPS) is 11.4. The maximum atomic E-state index is 11.8. The summed E-state index contributed by atoms with van der Waals surface area (Å²) in [6, 6.07) is 6.20. The molecule has 2 N–H and O–H groups in total. The van der Waals surface area contributed by atoms with Crippen LogP contribution in [-0.2, 0) is 4.79 Å². The molecule has 1 amide bonds. The van der Waals surface area contributed by atoms with Gasteiger partial charge in [0.05, 0.1) is 6.42 Å². The van der Waals surface area contributed by atoms with Crippen LogP contribution in [0.4, 0.5) is 0 Å². The van der Waals surface area contributed by atoms with Crippen LogP contribution in [-0.4, -0.2) is 29.6 Å². The number of carboxylic acids is 1. The number of hydrogen-bond acceptors (Lipinski definition) is 3. The van der Waals surface area contributed by atoms with E-state index in [9.17, 15) is 9.59 Å². The van der Waals surface area contributed by atoms with E-state index in [2.05, 4.69) is 11.9 Å². The Morgan fingerprint density at radius 3 is 2.58 bits per heavy atom. The van der Waals surface area contributed by atoms with Crippen molar-refractivity contribution in [2.75, 3.05) is 6.61 Å². The number of nitrogens with one attached hydrogen (secondary N) is 1. The van der Waals surface area contributed by atoms with Crippen molar-refractivity contribution in [2.24, 2.45) is 0 Å². The van der Waals surface area contributed by atoms with Gasteiger partial charge in [0.2, 0.25) is 0 Å². The molecule has 0 aromatic heterocycles. The molecule has 0 aliphatic rings. The van der Waals surface area contributed by atoms with E-state index in [1.165, 1.54) is 0 Å². The molecule has 102 valence electrons. The van der Waals surface area contributed by atoms with Crippen LogP contribution in [0.5, 0.6) is 5.75 Å². The van der Waals surface area contributed by atoms with E-state index in [-0.39, 0.29) is 12.3 Å². The Morgan fingerprint density at radius 1 is 1.42 bits per heavy atom. The topological polar surface area (TPSA) is 75.6 Å². The molecule has 0 bridgehead atoms. The van der Waals surface area contributed by atoms with Gasteiger partial charge in [0, 0.05) is 11.6 Å². The van der Waals surface area contributed by atoms with Gasteiger partial charge in [0.1, 0.15) is 12.4 Å². The second-order valence-electron chi connectivity index (χ2n) is 4.10. The van der Waals surface area contributed by atoms with Gasteiger partial charge in [-0.1, -0.05) is 12.7 Å². The van der Waals surface area contributed by atoms with Crippen LogP contribution in [0.3, 0.4) is 0 Å². The molecule has 0 heterocycles. The van der Waals surface area contributed by atoms with E-state index in [1.807, 2.05) is 0 Å². The SMILES string of the molecule is C=CCOc1ccc(C(=O)NC(C)CC(=O)O)cc1. The monoisotopic (exact) mass is 263 g/mol. The summed E-state index contributed by atoms with van der Waals surface area (Å²) in [6.45, 7) is 5.59. The van der Waals surface area contributed by atoms with Crippen LogP contribution in [0.15, 0.2) is 36.9 Å². The molecule has 19 heavy (non-hydrogen) atoms. The van der Waals surface area contributed by atoms with Crippen LogP contribution in [0.25, 0.3) is 0 Å². The second-order valence-corrected chi connectivity index (χ2v) is 4.10. The van der Waals surface area contributed by atoms with Crippen molar-refractivity contribution in [1.29, 1.82) is 0 Å². The van der Waals surface area contributed by atoms with Crippen molar-refractivity contribution < 1.29 is 19.4 Å². The molecule has 5 heteroatoms. The van der Waals surface area contributed by atoms with Gasteiger partial charge in [-0.25, -0.2) is 0 Å². The summed E-state index contributed by atoms with van der Waals surface area (Å²) < 4.78 is 5.30. The summed E-state index contributed by atoms with van der Waals surface area (Å²) in [6.07, 6.45) is 1.53. The Kier molecular flexibility index (Phi) is 5.60. The molecule has 0 spiro atoms. The molecular formula is C14H17NO4. The highest BCUT2D eigenvalue weighted by Crippen LogP contribution is 2.12. The quantitative estimate of drug-likeness (QED) is 0.736. The largest absolute Gasteiger partial charge is 0.490 e. The first-order valence-corrected chi connectivity index (χ1v) is 5.89. The van der Waals surface area contributed by atoms with Crippen LogP contribution in [0.1, 0.15) is 23.7 Å². The van der Waals surface area contributed by atoms with Gasteiger partial charge in [0.15, 0.2) is 0 Å². The van der Waals surface area contributed by atoms with Crippen molar-refractivity contribution in [3.63, 3.8) is 0 Å². The lowest BCUT2D eigenvalue weighted by atomic mass is 10.1. The molecule has 0 radical (unpaired) electrons. The fraction of sp³-hybridized carbons (Fsp3) is 0.286. The number of benzene rings is 1. The Labute approximate surface area is 111 Å². The van der Waals surface area contributed by atoms with Crippen LogP contribution in [0, 0.1) is 0 Å². The minimum atomic E-state index is -0.944. The van der Waals surface area contributed by atoms with Gasteiger partial charge in [0.25, 0.3) is 5.91 Å². The standard InChI is InChI=1S/C14H17NO4/c1-3-8-19-12-6-4-11(5-7-12)14(18)15-10(2)9-13(16)17/h3-7,10H,1,8-9H2,2H3,(H,15,18)(H,16,17). The van der Waals surface area contributed by atoms with Crippen LogP contribution in [0.2, 0.25) is 0 Å². The maximum absolute atomic E-state index is 11.8. The molecule has 0 saturated heterocycles. The predicted octanol–water partition coefficient (Wildman–Crippen LogP) is 1.84. The Morgan fingerprint density at radius 2 is 2.05 bits per heavy atom. The molecule has 0 saturated carbocycles. The van der Waals surface area contributed by atoms with E-state index in [0.717, 1.165) is 0 Å². The van der Waals surface area contributed by atoms with Crippen LogP contribution < -0.4 is 10.1 Å². The second kappa shape index (κ2) is 7.20. The van der Waals surface area contributed by atoms with Gasteiger partial charge < -0.3 is 15.2 Å². The van der Waals surface area contributed by atoms with E-state index in [1.54, 1.807) is 37.3 Å². The summed E-state index contributed by atoms with van der Waals surface area (Å²) in [4.78, 5) is 22.3. The molecule has 0 aliphatic heterocycles. The van der Waals surface area contributed by atoms with E-state index < -0.39 is 12.0 Å². The van der Waals surface area contributed by atoms with Gasteiger partial charge in [-0.15, -0.1) is 0 Å². The van der Waals surface area contributed by atoms with Gasteiger partial charge in [-0.05, 0) is 31.2 Å². The highest BCUT2D eigenvalue weighted by molar-refractivity contribution is 5.94. The molecule has 1 atom stereocenters. The minimum absolute atomic E-state index is 0.105. The third-order valence-electron chi connectivity index (χ3n) is 2.34. The highest BCUT2D eigenvalue weighted by Gasteiger charge is 2.12. The molecular weight excluding hydrogens is 246 g/mol. The zero-order valence-corrected chi connectivity index (χ0v) is 10.8. The van der Waals surface area contributed by atoms with Gasteiger partial charge >= 0.3 is 5.97 Å². The lowest BCUT2D eigenvalue weighted by molar-refractivity contribution is -0.137. The zero-order chi connectivity index (χ0) is 14.3. The smallest absolute Gasteiger partial charge is 0.305 e. The van der Waals surface area contributed by atoms with Crippen LogP contribution >= 0.6 is 0 Å². The van der Waals surface area contributed by atoms with Crippen molar-refractivity contribution in [3.8, 4) is 5.75 Å². The van der Waals surface area contributed by atoms with Crippen molar-refractivity contribution in [1.82, 2.24) is 5.32 Å². The van der Waals surface area contributed by atoms with Crippen molar-refractivity contribution in [2.45, 2.75) is 19.4 Å². The molecule has 1 rings (SSSR count). The average Bonchev–Trinajstić information content (AvgIpc) is 2.35. The summed E-state index contributed by atoms with van der Waals surface area (Å²) >= 11 is 0. The van der Waals surface area contributed by atoms with Gasteiger partial charge in [-0.2, -0.15) is 0 Å². The molecule has 5 nitrogen and oxygen atoms in total. The molecule has 1 unspecified atom stereocenters. The van der Waals surface area contributed by atoms with Crippen molar-refractivity contribution >= 4 is 11.9 Å². The van der Waals surface area contributed by atoms with Crippen molar-refractivity contribution in [3.05, 3.63) is 42.5 Å². The van der Waals surface area contributed by atoms with E-state index >= 15 is 0 Å². The Hall–Kier alpha value is -2.30. The molecule has 1 aromatic carbocycles. The number of carbonyl (C=O) groups excluding carboxylic acids is 1. The first kappa shape index (κ1) is 14.8. The minimum Gasteiger partial charge on any atom is -0.490 e. The summed E-state index contributed by atoms with van der Waals surface area (Å²) in [7, 11) is 0. The molecule has 0 fully saturated rings. The first-order chi connectivity index (χ1) is 9.02. The fourth-order valence-corrected chi connectivity index (χ4v) is 1.48. The Balaban J connectivity index is 2.57. The first-order valence-electron chi connectivity index (χ1n) is 5.89. The number of ether oxygens (including phenoxy) is 1.